The number of likely N-dealkylation sites (N-methyl/N-ethyl adjacent to an activating group) is 1. The van der Waals surface area contributed by atoms with Crippen LogP contribution in [0.3, 0.4) is 0 Å². The highest BCUT2D eigenvalue weighted by Crippen LogP contribution is 2.48. The van der Waals surface area contributed by atoms with E-state index in [9.17, 15) is 0 Å². The average molecular weight is 266 g/mol. The van der Waals surface area contributed by atoms with E-state index in [1.165, 1.54) is 11.4 Å². The monoisotopic (exact) mass is 266 g/mol. The minimum Gasteiger partial charge on any atom is -0.358 e. The Kier molecular flexibility index (Phi) is 6.11. The Balaban J connectivity index is 2.74. The van der Waals surface area contributed by atoms with Crippen LogP contribution in [0.4, 0.5) is 0 Å². The second-order valence-electron chi connectivity index (χ2n) is 5.63. The Hall–Kier alpha value is -0.590. The summed E-state index contributed by atoms with van der Waals surface area (Å²) in [5.41, 5.74) is 4.02. The maximum absolute atomic E-state index is 3.53. The molecule has 0 atom stereocenters. The van der Waals surface area contributed by atoms with Gasteiger partial charge in [0.15, 0.2) is 0 Å². The van der Waals surface area contributed by atoms with Crippen molar-refractivity contribution in [2.75, 3.05) is 20.6 Å². The zero-order valence-electron chi connectivity index (χ0n) is 12.6. The molecule has 0 unspecified atom stereocenters. The van der Waals surface area contributed by atoms with Crippen LogP contribution < -0.4 is 5.32 Å². The largest absolute Gasteiger partial charge is 0.358 e. The van der Waals surface area contributed by atoms with Gasteiger partial charge in [0.25, 0.3) is 0 Å². The lowest BCUT2D eigenvalue weighted by molar-refractivity contribution is 0.436. The Morgan fingerprint density at radius 3 is 2.33 bits per heavy atom. The number of allylic oxidation sites excluding steroid dienone is 3. The van der Waals surface area contributed by atoms with Crippen molar-refractivity contribution < 1.29 is 0 Å². The summed E-state index contributed by atoms with van der Waals surface area (Å²) in [6.07, 6.45) is 6.49. The van der Waals surface area contributed by atoms with Crippen molar-refractivity contribution in [3.8, 4) is 0 Å². The smallest absolute Gasteiger partial charge is 0.0387 e. The van der Waals surface area contributed by atoms with Gasteiger partial charge in [-0.3, -0.25) is 0 Å². The third-order valence-electron chi connectivity index (χ3n) is 2.85. The maximum Gasteiger partial charge on any atom is 0.0387 e. The zero-order valence-corrected chi connectivity index (χ0v) is 13.5. The third kappa shape index (κ3) is 4.96. The molecule has 1 heterocycles. The number of hydrogen-bond donors (Lipinski definition) is 1. The summed E-state index contributed by atoms with van der Waals surface area (Å²) in [6.45, 7) is 10.3. The van der Waals surface area contributed by atoms with Gasteiger partial charge >= 0.3 is 0 Å². The molecule has 3 heteroatoms. The van der Waals surface area contributed by atoms with Crippen molar-refractivity contribution in [1.29, 1.82) is 0 Å². The molecule has 0 amide bonds. The Bertz CT molecular complexity index is 344. The zero-order chi connectivity index (χ0) is 13.7. The molecule has 0 aromatic rings. The first-order valence-electron chi connectivity index (χ1n) is 6.68. The van der Waals surface area contributed by atoms with Crippen LogP contribution in [0.2, 0.25) is 0 Å². The van der Waals surface area contributed by atoms with Gasteiger partial charge in [-0.25, -0.2) is 0 Å². The summed E-state index contributed by atoms with van der Waals surface area (Å²) in [4.78, 5) is 2.18. The third-order valence-corrected chi connectivity index (χ3v) is 5.81. The van der Waals surface area contributed by atoms with Crippen LogP contribution in [0.15, 0.2) is 35.4 Å². The lowest BCUT2D eigenvalue weighted by atomic mass is 10.2. The number of hydrogen-bond acceptors (Lipinski definition) is 2. The fourth-order valence-electron chi connectivity index (χ4n) is 2.10. The summed E-state index contributed by atoms with van der Waals surface area (Å²) in [6, 6.07) is 0. The van der Waals surface area contributed by atoms with E-state index >= 15 is 0 Å². The second kappa shape index (κ2) is 7.11. The van der Waals surface area contributed by atoms with Crippen LogP contribution in [0, 0.1) is 0 Å². The van der Waals surface area contributed by atoms with Crippen molar-refractivity contribution >= 4 is 7.92 Å². The van der Waals surface area contributed by atoms with E-state index in [-0.39, 0.29) is 7.92 Å². The molecule has 2 nitrogen and oxygen atoms in total. The summed E-state index contributed by atoms with van der Waals surface area (Å²) in [5.74, 6) is 2.45. The molecule has 0 fully saturated rings. The van der Waals surface area contributed by atoms with Crippen molar-refractivity contribution in [3.63, 3.8) is 0 Å². The van der Waals surface area contributed by atoms with Crippen LogP contribution in [0.25, 0.3) is 0 Å². The average Bonchev–Trinajstić information content (AvgIpc) is 2.24. The van der Waals surface area contributed by atoms with E-state index in [1.54, 1.807) is 0 Å². The molecule has 0 aromatic heterocycles. The van der Waals surface area contributed by atoms with Gasteiger partial charge in [-0.1, -0.05) is 41.7 Å². The Morgan fingerprint density at radius 1 is 1.22 bits per heavy atom. The molecule has 0 spiro atoms. The highest BCUT2D eigenvalue weighted by molar-refractivity contribution is 7.62. The van der Waals surface area contributed by atoms with Crippen LogP contribution >= 0.6 is 7.92 Å². The molecule has 102 valence electrons. The molecule has 0 saturated heterocycles. The summed E-state index contributed by atoms with van der Waals surface area (Å²) in [5, 5.41) is 3.53. The Morgan fingerprint density at radius 2 is 1.83 bits per heavy atom. The molecule has 1 aliphatic rings. The lowest BCUT2D eigenvalue weighted by Gasteiger charge is -2.25. The van der Waals surface area contributed by atoms with Gasteiger partial charge in [-0.15, -0.1) is 0 Å². The van der Waals surface area contributed by atoms with Gasteiger partial charge in [-0.05, 0) is 43.4 Å². The van der Waals surface area contributed by atoms with Crippen LogP contribution in [0.1, 0.15) is 27.7 Å². The van der Waals surface area contributed by atoms with Crippen LogP contribution in [0.5, 0.6) is 0 Å². The summed E-state index contributed by atoms with van der Waals surface area (Å²) in [7, 11) is 4.14. The first kappa shape index (κ1) is 15.5. The number of dihydropyridines is 1. The first-order valence-corrected chi connectivity index (χ1v) is 8.23. The van der Waals surface area contributed by atoms with Crippen molar-refractivity contribution in [1.82, 2.24) is 10.2 Å². The summed E-state index contributed by atoms with van der Waals surface area (Å²) < 4.78 is 0. The molecule has 18 heavy (non-hydrogen) atoms. The minimum atomic E-state index is -0.0575. The topological polar surface area (TPSA) is 15.3 Å². The molecule has 0 bridgehead atoms. The Labute approximate surface area is 114 Å². The summed E-state index contributed by atoms with van der Waals surface area (Å²) >= 11 is 0. The van der Waals surface area contributed by atoms with E-state index < -0.39 is 0 Å². The fourth-order valence-corrected chi connectivity index (χ4v) is 4.36. The quantitative estimate of drug-likeness (QED) is 0.763. The first-order chi connectivity index (χ1) is 8.40. The van der Waals surface area contributed by atoms with Gasteiger partial charge in [0.2, 0.25) is 0 Å². The van der Waals surface area contributed by atoms with Crippen molar-refractivity contribution in [3.05, 3.63) is 35.4 Å². The highest BCUT2D eigenvalue weighted by atomic mass is 31.1. The molecule has 0 aromatic carbocycles. The van der Waals surface area contributed by atoms with Crippen molar-refractivity contribution in [2.24, 2.45) is 0 Å². The van der Waals surface area contributed by atoms with E-state index in [4.69, 9.17) is 0 Å². The molecule has 1 aliphatic heterocycles. The predicted octanol–water partition coefficient (Wildman–Crippen LogP) is 3.73. The minimum absolute atomic E-state index is 0.0575. The highest BCUT2D eigenvalue weighted by Gasteiger charge is 2.15. The molecule has 0 radical (unpaired) electrons. The maximum atomic E-state index is 3.53. The normalized spacial score (nSPS) is 18.1. The number of nitrogens with zero attached hydrogens (tertiary/aromatic N) is 1. The van der Waals surface area contributed by atoms with E-state index in [0.717, 1.165) is 17.9 Å². The number of rotatable bonds is 5. The van der Waals surface area contributed by atoms with Crippen LogP contribution in [-0.4, -0.2) is 36.9 Å². The molecular formula is C15H27N2P. The van der Waals surface area contributed by atoms with Gasteiger partial charge < -0.3 is 10.2 Å². The predicted molar refractivity (Wildman–Crippen MR) is 84.2 cm³/mol. The standard InChI is InChI=1S/C15H27N2P/c1-12(2)18(13(3)4)11-15-9-7-8-14(16-15)10-17(5)6/h7-9,11-13,16H,10H2,1-6H3/b15-11+. The molecular weight excluding hydrogens is 239 g/mol. The van der Waals surface area contributed by atoms with Gasteiger partial charge in [-0.2, -0.15) is 0 Å². The molecule has 1 rings (SSSR count). The lowest BCUT2D eigenvalue weighted by Crippen LogP contribution is -2.25. The SMILES string of the molecule is CC(C)P(/C=C1\C=CC=C(CN(C)C)N1)C(C)C. The molecule has 0 saturated carbocycles. The van der Waals surface area contributed by atoms with Crippen molar-refractivity contribution in [2.45, 2.75) is 39.0 Å². The fraction of sp³-hybridized carbons (Fsp3) is 0.600. The second-order valence-corrected chi connectivity index (χ2v) is 8.85. The molecule has 0 aliphatic carbocycles. The molecule has 1 N–H and O–H groups in total. The van der Waals surface area contributed by atoms with Gasteiger partial charge in [0.05, 0.1) is 0 Å². The van der Waals surface area contributed by atoms with Crippen LogP contribution in [-0.2, 0) is 0 Å². The van der Waals surface area contributed by atoms with Gasteiger partial charge in [0.1, 0.15) is 0 Å². The van der Waals surface area contributed by atoms with Gasteiger partial charge in [0, 0.05) is 17.9 Å². The van der Waals surface area contributed by atoms with E-state index in [0.29, 0.717) is 0 Å². The number of nitrogens with one attached hydrogen (secondary N) is 1. The van der Waals surface area contributed by atoms with E-state index in [1.807, 2.05) is 0 Å². The van der Waals surface area contributed by atoms with E-state index in [2.05, 4.69) is 76.1 Å².